The number of hydrogen-bond donors (Lipinski definition) is 0. The van der Waals surface area contributed by atoms with Crippen LogP contribution < -0.4 is 0 Å². The van der Waals surface area contributed by atoms with Crippen molar-refractivity contribution in [3.63, 3.8) is 0 Å². The van der Waals surface area contributed by atoms with Crippen molar-refractivity contribution in [1.82, 2.24) is 0 Å². The van der Waals surface area contributed by atoms with Crippen molar-refractivity contribution in [1.29, 1.82) is 0 Å². The standard InChI is InChI=1S/C52H58/c1-15-41-45(35-25-37(49(3,4)5)31-38(26-35)50(6,7)8)29-33-21-17-19-23-43(33)47(41)48-42(16-2)46(30-34-22-18-20-24-44(34)48)36-27-39(51(9,10)11)32-40(28-36)52(12,13)14/h15-32H,1-2H2,3-14H3. The lowest BCUT2D eigenvalue weighted by atomic mass is 9.76. The van der Waals surface area contributed by atoms with Crippen molar-refractivity contribution < 1.29 is 0 Å². The van der Waals surface area contributed by atoms with Gasteiger partial charge in [-0.2, -0.15) is 0 Å². The molecule has 0 aliphatic rings. The van der Waals surface area contributed by atoms with Crippen LogP contribution in [0.4, 0.5) is 0 Å². The second kappa shape index (κ2) is 13.1. The second-order valence-corrected chi connectivity index (χ2v) is 18.9. The average molecular weight is 683 g/mol. The molecule has 0 heterocycles. The highest BCUT2D eigenvalue weighted by Gasteiger charge is 2.26. The molecule has 0 aliphatic carbocycles. The monoisotopic (exact) mass is 682 g/mol. The Bertz CT molecular complexity index is 2110. The van der Waals surface area contributed by atoms with Gasteiger partial charge in [0.1, 0.15) is 0 Å². The van der Waals surface area contributed by atoms with Gasteiger partial charge in [0.2, 0.25) is 0 Å². The van der Waals surface area contributed by atoms with Gasteiger partial charge in [0.25, 0.3) is 0 Å². The first kappa shape index (κ1) is 37.1. The van der Waals surface area contributed by atoms with Crippen LogP contribution in [0.1, 0.15) is 116 Å². The zero-order chi connectivity index (χ0) is 38.0. The highest BCUT2D eigenvalue weighted by atomic mass is 14.3. The molecule has 0 atom stereocenters. The largest absolute Gasteiger partial charge is 0.0984 e. The van der Waals surface area contributed by atoms with Gasteiger partial charge in [0.15, 0.2) is 0 Å². The summed E-state index contributed by atoms with van der Waals surface area (Å²) in [4.78, 5) is 0. The zero-order valence-corrected chi connectivity index (χ0v) is 33.8. The molecule has 0 bridgehead atoms. The summed E-state index contributed by atoms with van der Waals surface area (Å²) in [6.45, 7) is 36.8. The van der Waals surface area contributed by atoms with E-state index in [1.165, 1.54) is 77.2 Å². The van der Waals surface area contributed by atoms with Crippen molar-refractivity contribution in [3.05, 3.63) is 144 Å². The minimum absolute atomic E-state index is 0.00191. The molecule has 0 saturated heterocycles. The Kier molecular flexibility index (Phi) is 9.32. The molecular weight excluding hydrogens is 625 g/mol. The summed E-state index contributed by atoms with van der Waals surface area (Å²) in [6, 6.07) is 36.9. The quantitative estimate of drug-likeness (QED) is 0.170. The minimum atomic E-state index is -0.00191. The van der Waals surface area contributed by atoms with E-state index in [1.54, 1.807) is 0 Å². The predicted octanol–water partition coefficient (Wildman–Crippen LogP) is 15.5. The van der Waals surface area contributed by atoms with Gasteiger partial charge < -0.3 is 0 Å². The van der Waals surface area contributed by atoms with Crippen LogP contribution in [0.2, 0.25) is 0 Å². The highest BCUT2D eigenvalue weighted by molar-refractivity contribution is 6.15. The molecule has 0 unspecified atom stereocenters. The molecule has 0 aliphatic heterocycles. The van der Waals surface area contributed by atoms with Crippen LogP contribution in [0, 0.1) is 0 Å². The molecule has 266 valence electrons. The van der Waals surface area contributed by atoms with Crippen molar-refractivity contribution >= 4 is 33.7 Å². The van der Waals surface area contributed by atoms with Gasteiger partial charge in [-0.05, 0) is 122 Å². The number of hydrogen-bond acceptors (Lipinski definition) is 0. The molecule has 6 rings (SSSR count). The lowest BCUT2D eigenvalue weighted by Gasteiger charge is -2.28. The Morgan fingerprint density at radius 2 is 0.673 bits per heavy atom. The maximum Gasteiger partial charge on any atom is -0.00143 e. The Hall–Kier alpha value is -4.68. The van der Waals surface area contributed by atoms with Crippen molar-refractivity contribution in [2.24, 2.45) is 0 Å². The fraction of sp³-hybridized carbons (Fsp3) is 0.308. The lowest BCUT2D eigenvalue weighted by molar-refractivity contribution is 0.568. The smallest absolute Gasteiger partial charge is 0.00143 e. The van der Waals surface area contributed by atoms with Gasteiger partial charge in [-0.25, -0.2) is 0 Å². The summed E-state index contributed by atoms with van der Waals surface area (Å²) >= 11 is 0. The maximum absolute atomic E-state index is 4.52. The fourth-order valence-corrected chi connectivity index (χ4v) is 7.47. The Morgan fingerprint density at radius 3 is 0.942 bits per heavy atom. The van der Waals surface area contributed by atoms with Gasteiger partial charge in [0.05, 0.1) is 0 Å². The van der Waals surface area contributed by atoms with Gasteiger partial charge in [0, 0.05) is 0 Å². The van der Waals surface area contributed by atoms with Gasteiger partial charge in [-0.15, -0.1) is 0 Å². The Balaban J connectivity index is 1.80. The van der Waals surface area contributed by atoms with Gasteiger partial charge >= 0.3 is 0 Å². The molecule has 0 radical (unpaired) electrons. The van der Waals surface area contributed by atoms with Crippen molar-refractivity contribution in [2.45, 2.75) is 105 Å². The zero-order valence-electron chi connectivity index (χ0n) is 33.8. The van der Waals surface area contributed by atoms with E-state index in [9.17, 15) is 0 Å². The summed E-state index contributed by atoms with van der Waals surface area (Å²) in [5, 5.41) is 4.86. The van der Waals surface area contributed by atoms with E-state index in [0.717, 1.165) is 11.1 Å². The molecule has 0 amide bonds. The Morgan fingerprint density at radius 1 is 0.385 bits per heavy atom. The lowest BCUT2D eigenvalue weighted by Crippen LogP contribution is -2.16. The van der Waals surface area contributed by atoms with Crippen molar-refractivity contribution in [3.8, 4) is 33.4 Å². The third-order valence-electron chi connectivity index (χ3n) is 10.8. The van der Waals surface area contributed by atoms with Crippen LogP contribution in [-0.2, 0) is 21.7 Å². The molecular formula is C52H58. The van der Waals surface area contributed by atoms with E-state index in [0.29, 0.717) is 0 Å². The topological polar surface area (TPSA) is 0 Å². The molecule has 0 N–H and O–H groups in total. The molecule has 0 heteroatoms. The van der Waals surface area contributed by atoms with Crippen LogP contribution >= 0.6 is 0 Å². The molecule has 0 nitrogen and oxygen atoms in total. The maximum atomic E-state index is 4.52. The average Bonchev–Trinajstić information content (AvgIpc) is 3.08. The number of benzene rings is 6. The first-order valence-electron chi connectivity index (χ1n) is 18.9. The van der Waals surface area contributed by atoms with E-state index in [2.05, 4.69) is 205 Å². The Labute approximate surface area is 314 Å². The third-order valence-corrected chi connectivity index (χ3v) is 10.8. The SMILES string of the molecule is C=Cc1c(-c2cc(C(C)(C)C)cc(C(C)(C)C)c2)cc2ccccc2c1-c1c(C=C)c(-c2cc(C(C)(C)C)cc(C(C)(C)C)c2)cc2ccccc12. The van der Waals surface area contributed by atoms with E-state index >= 15 is 0 Å². The van der Waals surface area contributed by atoms with Crippen LogP contribution in [0.25, 0.3) is 67.1 Å². The van der Waals surface area contributed by atoms with Crippen LogP contribution in [-0.4, -0.2) is 0 Å². The summed E-state index contributed by atoms with van der Waals surface area (Å²) in [7, 11) is 0. The molecule has 6 aromatic rings. The van der Waals surface area contributed by atoms with Crippen LogP contribution in [0.3, 0.4) is 0 Å². The molecule has 0 spiro atoms. The second-order valence-electron chi connectivity index (χ2n) is 18.9. The number of rotatable bonds is 5. The van der Waals surface area contributed by atoms with E-state index < -0.39 is 0 Å². The third kappa shape index (κ3) is 6.93. The van der Waals surface area contributed by atoms with E-state index in [4.69, 9.17) is 0 Å². The summed E-state index contributed by atoms with van der Waals surface area (Å²) in [6.07, 6.45) is 4.17. The van der Waals surface area contributed by atoms with Gasteiger partial charge in [-0.3, -0.25) is 0 Å². The molecule has 0 saturated carbocycles. The summed E-state index contributed by atoms with van der Waals surface area (Å²) < 4.78 is 0. The minimum Gasteiger partial charge on any atom is -0.0984 e. The van der Waals surface area contributed by atoms with Crippen LogP contribution in [0.5, 0.6) is 0 Å². The first-order valence-corrected chi connectivity index (χ1v) is 18.9. The molecule has 52 heavy (non-hydrogen) atoms. The van der Waals surface area contributed by atoms with Crippen molar-refractivity contribution in [2.75, 3.05) is 0 Å². The molecule has 0 fully saturated rings. The summed E-state index contributed by atoms with van der Waals surface area (Å²) in [5.74, 6) is 0. The number of fused-ring (bicyclic) bond motifs is 2. The first-order chi connectivity index (χ1) is 24.2. The molecule has 0 aromatic heterocycles. The fourth-order valence-electron chi connectivity index (χ4n) is 7.47. The predicted molar refractivity (Wildman–Crippen MR) is 233 cm³/mol. The normalized spacial score (nSPS) is 12.8. The molecule has 6 aromatic carbocycles. The van der Waals surface area contributed by atoms with E-state index in [-0.39, 0.29) is 21.7 Å². The summed E-state index contributed by atoms with van der Waals surface area (Å²) in [5.41, 5.74) is 14.9. The van der Waals surface area contributed by atoms with Gasteiger partial charge in [-0.1, -0.05) is 193 Å². The van der Waals surface area contributed by atoms with E-state index in [1.807, 2.05) is 0 Å². The van der Waals surface area contributed by atoms with Crippen LogP contribution in [0.15, 0.2) is 110 Å². The highest BCUT2D eigenvalue weighted by Crippen LogP contribution is 2.48.